The van der Waals surface area contributed by atoms with E-state index in [2.05, 4.69) is 17.1 Å². The first kappa shape index (κ1) is 19.6. The maximum absolute atomic E-state index is 12.7. The summed E-state index contributed by atoms with van der Waals surface area (Å²) in [5, 5.41) is 3.00. The van der Waals surface area contributed by atoms with Gasteiger partial charge in [0.05, 0.1) is 25.9 Å². The Labute approximate surface area is 151 Å². The maximum Gasteiger partial charge on any atom is 0.241 e. The van der Waals surface area contributed by atoms with Crippen LogP contribution in [0.4, 0.5) is 5.69 Å². The molecule has 1 aromatic rings. The minimum absolute atomic E-state index is 0.000458. The fraction of sp³-hybridized carbons (Fsp3) is 0.650. The van der Waals surface area contributed by atoms with E-state index in [-0.39, 0.29) is 11.9 Å². The molecule has 140 valence electrons. The number of hydrogen-bond donors (Lipinski definition) is 1. The predicted octanol–water partition coefficient (Wildman–Crippen LogP) is 3.93. The van der Waals surface area contributed by atoms with Crippen LogP contribution in [0.25, 0.3) is 0 Å². The summed E-state index contributed by atoms with van der Waals surface area (Å²) in [5.74, 6) is 2.14. The Bertz CT molecular complexity index is 562. The fourth-order valence-corrected chi connectivity index (χ4v) is 3.59. The first-order valence-corrected chi connectivity index (χ1v) is 9.36. The number of ether oxygens (including phenoxy) is 2. The average Bonchev–Trinajstić information content (AvgIpc) is 2.87. The van der Waals surface area contributed by atoms with E-state index in [1.807, 2.05) is 13.0 Å². The molecule has 1 aliphatic rings. The molecule has 2 atom stereocenters. The lowest BCUT2D eigenvalue weighted by molar-refractivity contribution is -0.120. The van der Waals surface area contributed by atoms with E-state index in [9.17, 15) is 4.79 Å². The Morgan fingerprint density at radius 1 is 1.28 bits per heavy atom. The van der Waals surface area contributed by atoms with Crippen molar-refractivity contribution in [1.82, 2.24) is 4.90 Å². The van der Waals surface area contributed by atoms with Crippen LogP contribution in [0.3, 0.4) is 0 Å². The molecule has 1 heterocycles. The van der Waals surface area contributed by atoms with Crippen LogP contribution in [0.1, 0.15) is 46.0 Å². The Hall–Kier alpha value is -1.75. The zero-order valence-electron chi connectivity index (χ0n) is 16.0. The number of rotatable bonds is 7. The quantitative estimate of drug-likeness (QED) is 0.811. The smallest absolute Gasteiger partial charge is 0.241 e. The van der Waals surface area contributed by atoms with E-state index < -0.39 is 0 Å². The molecule has 1 amide bonds. The number of likely N-dealkylation sites (tertiary alicyclic amines) is 1. The van der Waals surface area contributed by atoms with Gasteiger partial charge in [-0.15, -0.1) is 0 Å². The van der Waals surface area contributed by atoms with Crippen LogP contribution in [0.5, 0.6) is 11.5 Å². The molecule has 1 aliphatic heterocycles. The van der Waals surface area contributed by atoms with Gasteiger partial charge in [0, 0.05) is 6.07 Å². The zero-order chi connectivity index (χ0) is 18.2. The minimum atomic E-state index is -0.156. The van der Waals surface area contributed by atoms with Crippen LogP contribution in [-0.4, -0.2) is 44.2 Å². The summed E-state index contributed by atoms with van der Waals surface area (Å²) in [5.41, 5.74) is 0.650. The third-order valence-corrected chi connectivity index (χ3v) is 5.17. The fourth-order valence-electron chi connectivity index (χ4n) is 3.59. The lowest BCUT2D eigenvalue weighted by atomic mass is 9.96. The standard InChI is InChI=1S/C20H32N2O3/c1-5-7-16-8-6-12-22(13-11-16)15(2)20(23)21-18-14-17(24-3)9-10-19(18)25-4/h9-10,14-16H,5-8,11-13H2,1-4H3,(H,21,23). The molecule has 2 rings (SSSR count). The van der Waals surface area contributed by atoms with Crippen molar-refractivity contribution in [3.05, 3.63) is 18.2 Å². The van der Waals surface area contributed by atoms with Gasteiger partial charge in [0.15, 0.2) is 0 Å². The number of nitrogens with one attached hydrogen (secondary N) is 1. The summed E-state index contributed by atoms with van der Waals surface area (Å²) in [7, 11) is 3.21. The van der Waals surface area contributed by atoms with Gasteiger partial charge in [-0.25, -0.2) is 0 Å². The normalized spacial score (nSPS) is 19.8. The molecule has 5 heteroatoms. The van der Waals surface area contributed by atoms with Gasteiger partial charge in [-0.2, -0.15) is 0 Å². The van der Waals surface area contributed by atoms with E-state index in [1.165, 1.54) is 32.1 Å². The first-order valence-electron chi connectivity index (χ1n) is 9.36. The molecule has 1 saturated heterocycles. The monoisotopic (exact) mass is 348 g/mol. The summed E-state index contributed by atoms with van der Waals surface area (Å²) >= 11 is 0. The molecule has 5 nitrogen and oxygen atoms in total. The van der Waals surface area contributed by atoms with E-state index >= 15 is 0 Å². The highest BCUT2D eigenvalue weighted by molar-refractivity contribution is 5.96. The Kier molecular flexibility index (Phi) is 7.56. The van der Waals surface area contributed by atoms with Crippen molar-refractivity contribution in [1.29, 1.82) is 0 Å². The molecule has 2 unspecified atom stereocenters. The summed E-state index contributed by atoms with van der Waals surface area (Å²) in [6.07, 6.45) is 6.19. The molecule has 0 saturated carbocycles. The van der Waals surface area contributed by atoms with Crippen molar-refractivity contribution < 1.29 is 14.3 Å². The molecular weight excluding hydrogens is 316 g/mol. The molecule has 1 aromatic carbocycles. The van der Waals surface area contributed by atoms with Crippen LogP contribution in [0.2, 0.25) is 0 Å². The highest BCUT2D eigenvalue weighted by Gasteiger charge is 2.25. The lowest BCUT2D eigenvalue weighted by Gasteiger charge is -2.27. The number of carbonyl (C=O) groups excluding carboxylic acids is 1. The molecule has 0 aliphatic carbocycles. The van der Waals surface area contributed by atoms with Gasteiger partial charge in [-0.1, -0.05) is 19.8 Å². The predicted molar refractivity (Wildman–Crippen MR) is 101 cm³/mol. The largest absolute Gasteiger partial charge is 0.497 e. The van der Waals surface area contributed by atoms with Crippen molar-refractivity contribution in [2.75, 3.05) is 32.6 Å². The van der Waals surface area contributed by atoms with Gasteiger partial charge in [0.1, 0.15) is 11.5 Å². The minimum Gasteiger partial charge on any atom is -0.497 e. The number of benzene rings is 1. The van der Waals surface area contributed by atoms with E-state index in [1.54, 1.807) is 26.4 Å². The number of anilines is 1. The Morgan fingerprint density at radius 2 is 2.08 bits per heavy atom. The van der Waals surface area contributed by atoms with E-state index in [0.717, 1.165) is 19.0 Å². The van der Waals surface area contributed by atoms with Crippen LogP contribution < -0.4 is 14.8 Å². The average molecular weight is 348 g/mol. The SMILES string of the molecule is CCCC1CCCN(C(C)C(=O)Nc2cc(OC)ccc2OC)CC1. The summed E-state index contributed by atoms with van der Waals surface area (Å²) in [6.45, 7) is 6.22. The Balaban J connectivity index is 2.00. The van der Waals surface area contributed by atoms with Gasteiger partial charge < -0.3 is 14.8 Å². The molecule has 1 fully saturated rings. The zero-order valence-corrected chi connectivity index (χ0v) is 16.0. The number of hydrogen-bond acceptors (Lipinski definition) is 4. The second-order valence-corrected chi connectivity index (χ2v) is 6.85. The number of amides is 1. The number of carbonyl (C=O) groups is 1. The van der Waals surface area contributed by atoms with Crippen molar-refractivity contribution in [3.63, 3.8) is 0 Å². The van der Waals surface area contributed by atoms with Crippen molar-refractivity contribution in [2.24, 2.45) is 5.92 Å². The summed E-state index contributed by atoms with van der Waals surface area (Å²) in [6, 6.07) is 5.26. The third-order valence-electron chi connectivity index (χ3n) is 5.17. The van der Waals surface area contributed by atoms with Crippen LogP contribution in [-0.2, 0) is 4.79 Å². The maximum atomic E-state index is 12.7. The topological polar surface area (TPSA) is 50.8 Å². The first-order chi connectivity index (χ1) is 12.1. The molecule has 0 bridgehead atoms. The van der Waals surface area contributed by atoms with Gasteiger partial charge in [-0.3, -0.25) is 9.69 Å². The van der Waals surface area contributed by atoms with Crippen molar-refractivity contribution in [3.8, 4) is 11.5 Å². The third kappa shape index (κ3) is 5.36. The molecule has 0 radical (unpaired) electrons. The summed E-state index contributed by atoms with van der Waals surface area (Å²) < 4.78 is 10.6. The molecule has 25 heavy (non-hydrogen) atoms. The molecule has 0 aromatic heterocycles. The Morgan fingerprint density at radius 3 is 2.76 bits per heavy atom. The second kappa shape index (κ2) is 9.66. The highest BCUT2D eigenvalue weighted by atomic mass is 16.5. The van der Waals surface area contributed by atoms with Gasteiger partial charge in [-0.05, 0) is 57.3 Å². The van der Waals surface area contributed by atoms with Gasteiger partial charge in [0.2, 0.25) is 5.91 Å². The van der Waals surface area contributed by atoms with Gasteiger partial charge in [0.25, 0.3) is 0 Å². The van der Waals surface area contributed by atoms with Crippen molar-refractivity contribution >= 4 is 11.6 Å². The second-order valence-electron chi connectivity index (χ2n) is 6.85. The number of nitrogens with zero attached hydrogens (tertiary/aromatic N) is 1. The van der Waals surface area contributed by atoms with Crippen LogP contribution in [0.15, 0.2) is 18.2 Å². The van der Waals surface area contributed by atoms with E-state index in [0.29, 0.717) is 17.2 Å². The lowest BCUT2D eigenvalue weighted by Crippen LogP contribution is -2.42. The van der Waals surface area contributed by atoms with Crippen LogP contribution in [0, 0.1) is 5.92 Å². The van der Waals surface area contributed by atoms with Crippen LogP contribution >= 0.6 is 0 Å². The molecule has 1 N–H and O–H groups in total. The van der Waals surface area contributed by atoms with E-state index in [4.69, 9.17) is 9.47 Å². The highest BCUT2D eigenvalue weighted by Crippen LogP contribution is 2.29. The molecule has 0 spiro atoms. The summed E-state index contributed by atoms with van der Waals surface area (Å²) in [4.78, 5) is 15.1. The van der Waals surface area contributed by atoms with Crippen molar-refractivity contribution in [2.45, 2.75) is 52.0 Å². The van der Waals surface area contributed by atoms with Gasteiger partial charge >= 0.3 is 0 Å². The molecular formula is C20H32N2O3. The number of methoxy groups -OCH3 is 2.